The molecule has 2 rings (SSSR count). The molecule has 8 heteroatoms. The van der Waals surface area contributed by atoms with E-state index in [0.717, 1.165) is 12.3 Å². The minimum Gasteiger partial charge on any atom is -0.478 e. The number of hydrogen-bond donors (Lipinski definition) is 1. The Labute approximate surface area is 105 Å². The second-order valence-electron chi connectivity index (χ2n) is 4.28. The maximum Gasteiger partial charge on any atom is 0.406 e. The van der Waals surface area contributed by atoms with Crippen molar-refractivity contribution in [2.24, 2.45) is 0 Å². The molecule has 1 fully saturated rings. The predicted molar refractivity (Wildman–Crippen MR) is 55.8 cm³/mol. The zero-order chi connectivity index (χ0) is 14.2. The smallest absolute Gasteiger partial charge is 0.406 e. The van der Waals surface area contributed by atoms with Crippen LogP contribution in [0, 0.1) is 0 Å². The zero-order valence-corrected chi connectivity index (χ0v) is 9.61. The molecular weight excluding hydrogens is 267 g/mol. The lowest BCUT2D eigenvalue weighted by Gasteiger charge is -2.22. The molecule has 104 valence electrons. The van der Waals surface area contributed by atoms with E-state index in [1.807, 2.05) is 0 Å². The number of halogens is 3. The van der Waals surface area contributed by atoms with E-state index in [1.165, 1.54) is 0 Å². The molecule has 0 atom stereocenters. The van der Waals surface area contributed by atoms with Gasteiger partial charge in [-0.05, 0) is 12.8 Å². The fourth-order valence-corrected chi connectivity index (χ4v) is 1.65. The van der Waals surface area contributed by atoms with Crippen molar-refractivity contribution in [3.8, 4) is 0 Å². The number of hydrogen-bond acceptors (Lipinski definition) is 3. The number of amides is 1. The number of carboxylic acid groups (broad SMARTS) is 1. The van der Waals surface area contributed by atoms with Crippen LogP contribution in [0.4, 0.5) is 13.2 Å². The first-order valence-corrected chi connectivity index (χ1v) is 5.47. The molecule has 1 aliphatic rings. The van der Waals surface area contributed by atoms with Gasteiger partial charge in [0.1, 0.15) is 12.8 Å². The SMILES string of the molecule is O=C(O)c1coc(C(=O)N(CC(F)(F)F)C2CC2)c1. The number of carbonyl (C=O) groups excluding carboxylic acids is 1. The van der Waals surface area contributed by atoms with Crippen LogP contribution >= 0.6 is 0 Å². The Morgan fingerprint density at radius 2 is 2.05 bits per heavy atom. The lowest BCUT2D eigenvalue weighted by Crippen LogP contribution is -2.40. The number of nitrogens with zero attached hydrogens (tertiary/aromatic N) is 1. The second kappa shape index (κ2) is 4.60. The van der Waals surface area contributed by atoms with Crippen molar-refractivity contribution in [2.75, 3.05) is 6.54 Å². The summed E-state index contributed by atoms with van der Waals surface area (Å²) >= 11 is 0. The van der Waals surface area contributed by atoms with Crippen molar-refractivity contribution < 1.29 is 32.3 Å². The summed E-state index contributed by atoms with van der Waals surface area (Å²) in [5.74, 6) is -2.64. The summed E-state index contributed by atoms with van der Waals surface area (Å²) in [7, 11) is 0. The molecule has 1 heterocycles. The first-order chi connectivity index (χ1) is 8.78. The number of carboxylic acids is 1. The van der Waals surface area contributed by atoms with Crippen LogP contribution in [0.15, 0.2) is 16.7 Å². The zero-order valence-electron chi connectivity index (χ0n) is 9.61. The van der Waals surface area contributed by atoms with Gasteiger partial charge in [0.2, 0.25) is 0 Å². The third-order valence-corrected chi connectivity index (χ3v) is 2.66. The van der Waals surface area contributed by atoms with Crippen molar-refractivity contribution in [1.29, 1.82) is 0 Å². The third-order valence-electron chi connectivity index (χ3n) is 2.66. The average molecular weight is 277 g/mol. The summed E-state index contributed by atoms with van der Waals surface area (Å²) in [6.07, 6.45) is -2.66. The van der Waals surface area contributed by atoms with Crippen LogP contribution in [-0.2, 0) is 0 Å². The minimum atomic E-state index is -4.50. The van der Waals surface area contributed by atoms with E-state index in [2.05, 4.69) is 0 Å². The van der Waals surface area contributed by atoms with Crippen molar-refractivity contribution in [3.63, 3.8) is 0 Å². The molecule has 1 aliphatic carbocycles. The van der Waals surface area contributed by atoms with Gasteiger partial charge in [-0.1, -0.05) is 0 Å². The van der Waals surface area contributed by atoms with Crippen LogP contribution in [0.1, 0.15) is 33.8 Å². The molecule has 1 aromatic heterocycles. The fourth-order valence-electron chi connectivity index (χ4n) is 1.65. The van der Waals surface area contributed by atoms with E-state index < -0.39 is 36.4 Å². The van der Waals surface area contributed by atoms with Crippen molar-refractivity contribution in [2.45, 2.75) is 25.1 Å². The minimum absolute atomic E-state index is 0.272. The van der Waals surface area contributed by atoms with Crippen LogP contribution < -0.4 is 0 Å². The number of alkyl halides is 3. The van der Waals surface area contributed by atoms with Gasteiger partial charge < -0.3 is 14.4 Å². The number of furan rings is 1. The maximum atomic E-state index is 12.4. The molecule has 0 aromatic carbocycles. The molecule has 1 saturated carbocycles. The van der Waals surface area contributed by atoms with Crippen molar-refractivity contribution in [3.05, 3.63) is 23.7 Å². The Morgan fingerprint density at radius 3 is 2.47 bits per heavy atom. The van der Waals surface area contributed by atoms with Gasteiger partial charge >= 0.3 is 12.1 Å². The lowest BCUT2D eigenvalue weighted by molar-refractivity contribution is -0.141. The van der Waals surface area contributed by atoms with E-state index >= 15 is 0 Å². The highest BCUT2D eigenvalue weighted by atomic mass is 19.4. The van der Waals surface area contributed by atoms with Crippen LogP contribution in [0.25, 0.3) is 0 Å². The van der Waals surface area contributed by atoms with Gasteiger partial charge in [-0.15, -0.1) is 0 Å². The standard InChI is InChI=1S/C11H10F3NO4/c12-11(13,14)5-15(7-1-2-7)9(16)8-3-6(4-19-8)10(17)18/h3-4,7H,1-2,5H2,(H,17,18). The van der Waals surface area contributed by atoms with E-state index in [4.69, 9.17) is 9.52 Å². The maximum absolute atomic E-state index is 12.4. The van der Waals surface area contributed by atoms with Crippen molar-refractivity contribution >= 4 is 11.9 Å². The Hall–Kier alpha value is -1.99. The highest BCUT2D eigenvalue weighted by Crippen LogP contribution is 2.31. The largest absolute Gasteiger partial charge is 0.478 e. The molecule has 0 unspecified atom stereocenters. The lowest BCUT2D eigenvalue weighted by atomic mass is 10.3. The summed E-state index contributed by atoms with van der Waals surface area (Å²) in [5, 5.41) is 8.66. The Bertz CT molecular complexity index is 504. The Balaban J connectivity index is 2.16. The molecule has 1 amide bonds. The van der Waals surface area contributed by atoms with Crippen LogP contribution in [-0.4, -0.2) is 40.6 Å². The highest BCUT2D eigenvalue weighted by Gasteiger charge is 2.41. The first-order valence-electron chi connectivity index (χ1n) is 5.47. The van der Waals surface area contributed by atoms with Gasteiger partial charge in [0.15, 0.2) is 5.76 Å². The van der Waals surface area contributed by atoms with E-state index in [9.17, 15) is 22.8 Å². The van der Waals surface area contributed by atoms with E-state index in [0.29, 0.717) is 17.7 Å². The molecule has 1 aromatic rings. The third kappa shape index (κ3) is 3.27. The second-order valence-corrected chi connectivity index (χ2v) is 4.28. The van der Waals surface area contributed by atoms with Gasteiger partial charge in [0.05, 0.1) is 5.56 Å². The van der Waals surface area contributed by atoms with Crippen LogP contribution in [0.3, 0.4) is 0 Å². The molecule has 0 spiro atoms. The summed E-state index contributed by atoms with van der Waals surface area (Å²) < 4.78 is 41.9. The highest BCUT2D eigenvalue weighted by molar-refractivity contribution is 5.95. The van der Waals surface area contributed by atoms with Crippen LogP contribution in [0.5, 0.6) is 0 Å². The molecular formula is C11H10F3NO4. The summed E-state index contributed by atoms with van der Waals surface area (Å²) in [4.78, 5) is 23.2. The van der Waals surface area contributed by atoms with Gasteiger partial charge in [-0.2, -0.15) is 13.2 Å². The molecule has 0 radical (unpaired) electrons. The van der Waals surface area contributed by atoms with Gasteiger partial charge in [0, 0.05) is 12.1 Å². The molecule has 19 heavy (non-hydrogen) atoms. The molecule has 1 N–H and O–H groups in total. The summed E-state index contributed by atoms with van der Waals surface area (Å²) in [6.45, 7) is -1.36. The van der Waals surface area contributed by atoms with Gasteiger partial charge in [0.25, 0.3) is 5.91 Å². The molecule has 0 saturated heterocycles. The van der Waals surface area contributed by atoms with Gasteiger partial charge in [-0.3, -0.25) is 4.79 Å². The van der Waals surface area contributed by atoms with E-state index in [-0.39, 0.29) is 5.56 Å². The number of carbonyl (C=O) groups is 2. The number of rotatable bonds is 4. The predicted octanol–water partition coefficient (Wildman–Crippen LogP) is 2.14. The number of aromatic carboxylic acids is 1. The van der Waals surface area contributed by atoms with Crippen LogP contribution in [0.2, 0.25) is 0 Å². The van der Waals surface area contributed by atoms with Gasteiger partial charge in [-0.25, -0.2) is 4.79 Å². The van der Waals surface area contributed by atoms with Crippen molar-refractivity contribution in [1.82, 2.24) is 4.90 Å². The molecule has 0 bridgehead atoms. The fraction of sp³-hybridized carbons (Fsp3) is 0.455. The molecule has 5 nitrogen and oxygen atoms in total. The summed E-state index contributed by atoms with van der Waals surface area (Å²) in [6, 6.07) is 0.476. The first kappa shape index (κ1) is 13.4. The Morgan fingerprint density at radius 1 is 1.42 bits per heavy atom. The quantitative estimate of drug-likeness (QED) is 0.915. The normalized spacial score (nSPS) is 15.3. The Kier molecular flexibility index (Phi) is 3.25. The van der Waals surface area contributed by atoms with E-state index in [1.54, 1.807) is 0 Å². The monoisotopic (exact) mass is 277 g/mol. The molecule has 0 aliphatic heterocycles. The average Bonchev–Trinajstić information content (AvgIpc) is 3.00. The summed E-state index contributed by atoms with van der Waals surface area (Å²) in [5.41, 5.74) is -0.272. The topological polar surface area (TPSA) is 70.7 Å².